The summed E-state index contributed by atoms with van der Waals surface area (Å²) in [6.45, 7) is 7.08. The van der Waals surface area contributed by atoms with Crippen molar-refractivity contribution >= 4 is 32.6 Å². The van der Waals surface area contributed by atoms with E-state index in [2.05, 4.69) is 4.90 Å². The van der Waals surface area contributed by atoms with Crippen molar-refractivity contribution in [2.45, 2.75) is 6.92 Å². The van der Waals surface area contributed by atoms with Gasteiger partial charge in [0.05, 0.1) is 37.1 Å². The van der Waals surface area contributed by atoms with Crippen molar-refractivity contribution in [1.82, 2.24) is 9.88 Å². The van der Waals surface area contributed by atoms with Gasteiger partial charge in [0.2, 0.25) is 0 Å². The number of thiazole rings is 1. The fourth-order valence-corrected chi connectivity index (χ4v) is 4.55. The Kier molecular flexibility index (Phi) is 7.01. The first kappa shape index (κ1) is 21.5. The standard InChI is InChI=1S/C23H27N3O4S/c1-3-30-19-7-8-20-21(16-19)31-23(24-20)26(10-9-25-11-13-29-14-12-25)22(27)17-5-4-6-18(15-17)28-2/h4-8,15-16H,3,9-14H2,1-2H3. The molecule has 2 heterocycles. The van der Waals surface area contributed by atoms with E-state index in [4.69, 9.17) is 19.2 Å². The molecule has 0 radical (unpaired) electrons. The largest absolute Gasteiger partial charge is 0.497 e. The quantitative estimate of drug-likeness (QED) is 0.531. The summed E-state index contributed by atoms with van der Waals surface area (Å²) in [7, 11) is 1.60. The Morgan fingerprint density at radius 3 is 2.81 bits per heavy atom. The van der Waals surface area contributed by atoms with Crippen LogP contribution in [0.2, 0.25) is 0 Å². The minimum Gasteiger partial charge on any atom is -0.497 e. The second-order valence-corrected chi connectivity index (χ2v) is 8.21. The van der Waals surface area contributed by atoms with Crippen LogP contribution in [-0.4, -0.2) is 68.9 Å². The Morgan fingerprint density at radius 2 is 2.03 bits per heavy atom. The van der Waals surface area contributed by atoms with Crippen LogP contribution in [0.3, 0.4) is 0 Å². The van der Waals surface area contributed by atoms with Crippen LogP contribution in [0.1, 0.15) is 17.3 Å². The van der Waals surface area contributed by atoms with Crippen molar-refractivity contribution in [3.63, 3.8) is 0 Å². The molecule has 1 aliphatic rings. The number of carbonyl (C=O) groups is 1. The van der Waals surface area contributed by atoms with Crippen molar-refractivity contribution in [2.75, 3.05) is 58.0 Å². The molecule has 8 heteroatoms. The van der Waals surface area contributed by atoms with Crippen LogP contribution in [0.15, 0.2) is 42.5 Å². The second kappa shape index (κ2) is 10.1. The van der Waals surface area contributed by atoms with Crippen molar-refractivity contribution in [1.29, 1.82) is 0 Å². The topological polar surface area (TPSA) is 64.1 Å². The predicted molar refractivity (Wildman–Crippen MR) is 123 cm³/mol. The molecule has 0 N–H and O–H groups in total. The molecule has 7 nitrogen and oxygen atoms in total. The van der Waals surface area contributed by atoms with Gasteiger partial charge in [-0.1, -0.05) is 17.4 Å². The zero-order valence-corrected chi connectivity index (χ0v) is 18.7. The summed E-state index contributed by atoms with van der Waals surface area (Å²) in [4.78, 5) is 22.4. The van der Waals surface area contributed by atoms with Crippen molar-refractivity contribution < 1.29 is 19.0 Å². The van der Waals surface area contributed by atoms with Gasteiger partial charge in [-0.2, -0.15) is 0 Å². The summed E-state index contributed by atoms with van der Waals surface area (Å²) >= 11 is 1.50. The van der Waals surface area contributed by atoms with Crippen LogP contribution in [-0.2, 0) is 4.74 Å². The lowest BCUT2D eigenvalue weighted by Gasteiger charge is -2.29. The fraction of sp³-hybridized carbons (Fsp3) is 0.391. The molecular weight excluding hydrogens is 414 g/mol. The van der Waals surface area contributed by atoms with E-state index in [1.807, 2.05) is 43.3 Å². The molecule has 0 atom stereocenters. The van der Waals surface area contributed by atoms with Gasteiger partial charge in [-0.05, 0) is 43.3 Å². The Morgan fingerprint density at radius 1 is 1.19 bits per heavy atom. The SMILES string of the molecule is CCOc1ccc2nc(N(CCN3CCOCC3)C(=O)c3cccc(OC)c3)sc2c1. The number of rotatable bonds is 8. The van der Waals surface area contributed by atoms with Gasteiger partial charge in [-0.15, -0.1) is 0 Å². The Bertz CT molecular complexity index is 1030. The van der Waals surface area contributed by atoms with Crippen LogP contribution in [0.5, 0.6) is 11.5 Å². The first-order valence-electron chi connectivity index (χ1n) is 10.5. The molecule has 2 aromatic carbocycles. The minimum atomic E-state index is -0.0868. The van der Waals surface area contributed by atoms with Crippen LogP contribution >= 0.6 is 11.3 Å². The third-order valence-corrected chi connectivity index (χ3v) is 6.24. The lowest BCUT2D eigenvalue weighted by Crippen LogP contribution is -2.43. The van der Waals surface area contributed by atoms with Gasteiger partial charge in [-0.3, -0.25) is 14.6 Å². The van der Waals surface area contributed by atoms with Gasteiger partial charge < -0.3 is 14.2 Å². The minimum absolute atomic E-state index is 0.0868. The number of benzene rings is 2. The van der Waals surface area contributed by atoms with E-state index in [9.17, 15) is 4.79 Å². The summed E-state index contributed by atoms with van der Waals surface area (Å²) in [5, 5.41) is 0.685. The number of carbonyl (C=O) groups excluding carboxylic acids is 1. The fourth-order valence-electron chi connectivity index (χ4n) is 3.53. The van der Waals surface area contributed by atoms with Crippen molar-refractivity contribution in [3.8, 4) is 11.5 Å². The molecule has 1 fully saturated rings. The van der Waals surface area contributed by atoms with E-state index in [-0.39, 0.29) is 5.91 Å². The number of fused-ring (bicyclic) bond motifs is 1. The molecule has 1 amide bonds. The number of morpholine rings is 1. The lowest BCUT2D eigenvalue weighted by atomic mass is 10.2. The molecule has 1 saturated heterocycles. The highest BCUT2D eigenvalue weighted by Crippen LogP contribution is 2.32. The van der Waals surface area contributed by atoms with Crippen LogP contribution in [0, 0.1) is 0 Å². The summed E-state index contributed by atoms with van der Waals surface area (Å²) in [6, 6.07) is 13.1. The van der Waals surface area contributed by atoms with E-state index in [1.54, 1.807) is 18.1 Å². The maximum Gasteiger partial charge on any atom is 0.260 e. The Labute approximate surface area is 186 Å². The van der Waals surface area contributed by atoms with Gasteiger partial charge in [0.15, 0.2) is 5.13 Å². The summed E-state index contributed by atoms with van der Waals surface area (Å²) < 4.78 is 17.4. The lowest BCUT2D eigenvalue weighted by molar-refractivity contribution is 0.0391. The molecule has 0 aliphatic carbocycles. The number of amides is 1. The molecule has 1 aliphatic heterocycles. The van der Waals surface area contributed by atoms with Crippen molar-refractivity contribution in [3.05, 3.63) is 48.0 Å². The number of nitrogens with zero attached hydrogens (tertiary/aromatic N) is 3. The Balaban J connectivity index is 1.63. The first-order chi connectivity index (χ1) is 15.2. The molecule has 31 heavy (non-hydrogen) atoms. The predicted octanol–water partition coefficient (Wildman–Crippen LogP) is 3.68. The van der Waals surface area contributed by atoms with Crippen LogP contribution < -0.4 is 14.4 Å². The van der Waals surface area contributed by atoms with E-state index in [0.717, 1.165) is 48.8 Å². The zero-order valence-electron chi connectivity index (χ0n) is 17.9. The molecule has 0 spiro atoms. The molecule has 0 bridgehead atoms. The summed E-state index contributed by atoms with van der Waals surface area (Å²) in [6.07, 6.45) is 0. The highest BCUT2D eigenvalue weighted by atomic mass is 32.1. The number of anilines is 1. The van der Waals surface area contributed by atoms with E-state index < -0.39 is 0 Å². The number of aromatic nitrogens is 1. The Hall–Kier alpha value is -2.68. The molecule has 0 unspecified atom stereocenters. The van der Waals surface area contributed by atoms with Gasteiger partial charge in [0.25, 0.3) is 5.91 Å². The monoisotopic (exact) mass is 441 g/mol. The second-order valence-electron chi connectivity index (χ2n) is 7.20. The normalized spacial score (nSPS) is 14.5. The number of methoxy groups -OCH3 is 1. The number of hydrogen-bond acceptors (Lipinski definition) is 7. The molecule has 0 saturated carbocycles. The van der Waals surface area contributed by atoms with E-state index >= 15 is 0 Å². The highest BCUT2D eigenvalue weighted by Gasteiger charge is 2.23. The molecule has 4 rings (SSSR count). The van der Waals surface area contributed by atoms with Crippen LogP contribution in [0.4, 0.5) is 5.13 Å². The third-order valence-electron chi connectivity index (χ3n) is 5.20. The van der Waals surface area contributed by atoms with E-state index in [0.29, 0.717) is 29.6 Å². The maximum absolute atomic E-state index is 13.5. The first-order valence-corrected chi connectivity index (χ1v) is 11.3. The zero-order chi connectivity index (χ0) is 21.6. The average molecular weight is 442 g/mol. The number of hydrogen-bond donors (Lipinski definition) is 0. The van der Waals surface area contributed by atoms with Crippen LogP contribution in [0.25, 0.3) is 10.2 Å². The number of ether oxygens (including phenoxy) is 3. The van der Waals surface area contributed by atoms with Gasteiger partial charge in [-0.25, -0.2) is 4.98 Å². The van der Waals surface area contributed by atoms with Gasteiger partial charge in [0, 0.05) is 31.7 Å². The van der Waals surface area contributed by atoms with E-state index in [1.165, 1.54) is 11.3 Å². The average Bonchev–Trinajstić information content (AvgIpc) is 3.23. The maximum atomic E-state index is 13.5. The van der Waals surface area contributed by atoms with Crippen molar-refractivity contribution in [2.24, 2.45) is 0 Å². The molecular formula is C23H27N3O4S. The van der Waals surface area contributed by atoms with Gasteiger partial charge in [0.1, 0.15) is 11.5 Å². The highest BCUT2D eigenvalue weighted by molar-refractivity contribution is 7.22. The molecule has 164 valence electrons. The van der Waals surface area contributed by atoms with Gasteiger partial charge >= 0.3 is 0 Å². The summed E-state index contributed by atoms with van der Waals surface area (Å²) in [5.74, 6) is 1.38. The summed E-state index contributed by atoms with van der Waals surface area (Å²) in [5.41, 5.74) is 1.44. The molecule has 3 aromatic rings. The molecule has 1 aromatic heterocycles. The third kappa shape index (κ3) is 5.15. The smallest absolute Gasteiger partial charge is 0.260 e.